The third-order valence-electron chi connectivity index (χ3n) is 5.08. The predicted octanol–water partition coefficient (Wildman–Crippen LogP) is 3.95. The van der Waals surface area contributed by atoms with Crippen molar-refractivity contribution in [3.05, 3.63) is 96.1 Å². The van der Waals surface area contributed by atoms with Crippen molar-refractivity contribution in [1.82, 2.24) is 19.9 Å². The number of aromatic nitrogens is 3. The zero-order valence-electron chi connectivity index (χ0n) is 17.1. The highest BCUT2D eigenvalue weighted by molar-refractivity contribution is 5.93. The summed E-state index contributed by atoms with van der Waals surface area (Å²) in [6.45, 7) is 0.127. The Morgan fingerprint density at radius 1 is 0.903 bits per heavy atom. The fourth-order valence-electron chi connectivity index (χ4n) is 3.35. The summed E-state index contributed by atoms with van der Waals surface area (Å²) >= 11 is 0. The summed E-state index contributed by atoms with van der Waals surface area (Å²) in [7, 11) is 1.57. The van der Waals surface area contributed by atoms with Gasteiger partial charge >= 0.3 is 6.09 Å². The number of rotatable bonds is 6. The molecule has 0 radical (unpaired) electrons. The van der Waals surface area contributed by atoms with E-state index in [1.807, 2.05) is 72.8 Å². The van der Waals surface area contributed by atoms with Gasteiger partial charge in [-0.25, -0.2) is 4.79 Å². The van der Waals surface area contributed by atoms with Gasteiger partial charge in [0.1, 0.15) is 18.2 Å². The van der Waals surface area contributed by atoms with Crippen LogP contribution in [0.4, 0.5) is 4.79 Å². The maximum atomic E-state index is 13.5. The molecular weight excluding hydrogens is 392 g/mol. The summed E-state index contributed by atoms with van der Waals surface area (Å²) in [5.74, 6) is -0.350. The fraction of sp³-hybridized carbons (Fsp3) is 0.167. The van der Waals surface area contributed by atoms with E-state index >= 15 is 0 Å². The van der Waals surface area contributed by atoms with E-state index in [-0.39, 0.29) is 12.5 Å². The molecule has 1 heterocycles. The largest absolute Gasteiger partial charge is 0.445 e. The van der Waals surface area contributed by atoms with E-state index < -0.39 is 12.1 Å². The Hall–Kier alpha value is -4.00. The number of carbonyl (C=O) groups is 2. The van der Waals surface area contributed by atoms with Crippen molar-refractivity contribution in [1.29, 1.82) is 0 Å². The van der Waals surface area contributed by atoms with Crippen molar-refractivity contribution in [2.75, 3.05) is 7.05 Å². The van der Waals surface area contributed by atoms with Gasteiger partial charge in [0.15, 0.2) is 0 Å². The summed E-state index contributed by atoms with van der Waals surface area (Å²) in [4.78, 5) is 27.6. The number of hydrogen-bond acceptors (Lipinski definition) is 5. The van der Waals surface area contributed by atoms with Gasteiger partial charge < -0.3 is 4.74 Å². The first-order valence-corrected chi connectivity index (χ1v) is 9.95. The molecule has 1 amide bonds. The molecule has 4 aromatic rings. The minimum atomic E-state index is -0.809. The zero-order valence-corrected chi connectivity index (χ0v) is 17.1. The number of benzene rings is 3. The maximum absolute atomic E-state index is 13.5. The molecule has 0 unspecified atom stereocenters. The molecule has 3 aromatic carbocycles. The molecule has 0 aliphatic rings. The lowest BCUT2D eigenvalue weighted by atomic mass is 10.0. The lowest BCUT2D eigenvalue weighted by Gasteiger charge is -2.26. The summed E-state index contributed by atoms with van der Waals surface area (Å²) in [6, 6.07) is 25.4. The van der Waals surface area contributed by atoms with Crippen LogP contribution >= 0.6 is 0 Å². The van der Waals surface area contributed by atoms with Crippen LogP contribution < -0.4 is 0 Å². The molecule has 0 aliphatic carbocycles. The highest BCUT2D eigenvalue weighted by Crippen LogP contribution is 2.16. The van der Waals surface area contributed by atoms with E-state index in [4.69, 9.17) is 4.74 Å². The number of amides is 1. The van der Waals surface area contributed by atoms with Crippen LogP contribution in [0.25, 0.3) is 11.0 Å². The van der Waals surface area contributed by atoms with Crippen LogP contribution in [0.2, 0.25) is 0 Å². The van der Waals surface area contributed by atoms with Crippen LogP contribution in [0.15, 0.2) is 84.9 Å². The topological polar surface area (TPSA) is 77.3 Å². The van der Waals surface area contributed by atoms with E-state index in [0.717, 1.165) is 11.1 Å². The monoisotopic (exact) mass is 414 g/mol. The molecule has 1 atom stereocenters. The average Bonchev–Trinajstić information content (AvgIpc) is 3.26. The van der Waals surface area contributed by atoms with Crippen LogP contribution in [0.1, 0.15) is 15.9 Å². The van der Waals surface area contributed by atoms with Gasteiger partial charge in [-0.1, -0.05) is 78.0 Å². The molecule has 7 heteroatoms. The molecule has 0 saturated carbocycles. The molecule has 0 fully saturated rings. The Morgan fingerprint density at radius 2 is 1.52 bits per heavy atom. The lowest BCUT2D eigenvalue weighted by molar-refractivity contribution is 0.0643. The molecule has 1 aromatic heterocycles. The molecule has 0 aliphatic heterocycles. The highest BCUT2D eigenvalue weighted by atomic mass is 16.6. The Morgan fingerprint density at radius 3 is 2.23 bits per heavy atom. The molecule has 0 saturated heterocycles. The van der Waals surface area contributed by atoms with Crippen molar-refractivity contribution < 1.29 is 14.3 Å². The number of para-hydroxylation sites is 1. The van der Waals surface area contributed by atoms with Crippen molar-refractivity contribution in [2.24, 2.45) is 0 Å². The number of ether oxygens (including phenoxy) is 1. The van der Waals surface area contributed by atoms with Crippen LogP contribution in [0.3, 0.4) is 0 Å². The molecule has 0 N–H and O–H groups in total. The first-order chi connectivity index (χ1) is 15.1. The predicted molar refractivity (Wildman–Crippen MR) is 116 cm³/mol. The smallest absolute Gasteiger partial charge is 0.410 e. The van der Waals surface area contributed by atoms with Crippen LogP contribution in [-0.4, -0.2) is 45.0 Å². The molecule has 7 nitrogen and oxygen atoms in total. The summed E-state index contributed by atoms with van der Waals surface area (Å²) in [5, 5.41) is 8.10. The van der Waals surface area contributed by atoms with Gasteiger partial charge in [0.25, 0.3) is 5.91 Å². The number of hydrogen-bond donors (Lipinski definition) is 0. The first-order valence-electron chi connectivity index (χ1n) is 9.95. The second-order valence-electron chi connectivity index (χ2n) is 7.18. The molecule has 4 rings (SSSR count). The standard InChI is InChI=1S/C24H22N4O3/c1-27(24(30)31-17-19-12-6-3-7-13-19)22(16-18-10-4-2-5-11-18)23(29)28-21-15-9-8-14-20(21)25-26-28/h2-15,22H,16-17H2,1H3/t22-/m0/s1. The average molecular weight is 414 g/mol. The second kappa shape index (κ2) is 9.21. The van der Waals surface area contributed by atoms with E-state index in [9.17, 15) is 9.59 Å². The lowest BCUT2D eigenvalue weighted by Crippen LogP contribution is -2.46. The van der Waals surface area contributed by atoms with Crippen molar-refractivity contribution in [3.8, 4) is 0 Å². The minimum absolute atomic E-state index is 0.127. The van der Waals surface area contributed by atoms with E-state index in [0.29, 0.717) is 17.5 Å². The summed E-state index contributed by atoms with van der Waals surface area (Å²) in [6.07, 6.45) is -0.257. The van der Waals surface area contributed by atoms with Crippen LogP contribution in [0, 0.1) is 0 Å². The summed E-state index contributed by atoms with van der Waals surface area (Å²) < 4.78 is 6.71. The number of nitrogens with zero attached hydrogens (tertiary/aromatic N) is 4. The normalized spacial score (nSPS) is 11.8. The third kappa shape index (κ3) is 4.61. The van der Waals surface area contributed by atoms with Crippen LogP contribution in [-0.2, 0) is 17.8 Å². The van der Waals surface area contributed by atoms with Crippen molar-refractivity contribution in [3.63, 3.8) is 0 Å². The SMILES string of the molecule is CN(C(=O)OCc1ccccc1)[C@@H](Cc1ccccc1)C(=O)n1nnc2ccccc21. The molecule has 0 spiro atoms. The minimum Gasteiger partial charge on any atom is -0.445 e. The van der Waals surface area contributed by atoms with Gasteiger partial charge in [0.05, 0.1) is 5.52 Å². The molecule has 0 bridgehead atoms. The Balaban J connectivity index is 1.58. The van der Waals surface area contributed by atoms with Gasteiger partial charge in [0.2, 0.25) is 0 Å². The Labute approximate surface area is 179 Å². The van der Waals surface area contributed by atoms with E-state index in [1.54, 1.807) is 19.2 Å². The Kier molecular flexibility index (Phi) is 6.03. The summed E-state index contributed by atoms with van der Waals surface area (Å²) in [5.41, 5.74) is 3.01. The zero-order chi connectivity index (χ0) is 21.6. The van der Waals surface area contributed by atoms with Gasteiger partial charge in [-0.2, -0.15) is 4.68 Å². The van der Waals surface area contributed by atoms with Gasteiger partial charge in [-0.05, 0) is 23.3 Å². The number of carbonyl (C=O) groups excluding carboxylic acids is 2. The van der Waals surface area contributed by atoms with Gasteiger partial charge in [-0.3, -0.25) is 9.69 Å². The van der Waals surface area contributed by atoms with Gasteiger partial charge in [-0.15, -0.1) is 5.10 Å². The molecule has 31 heavy (non-hydrogen) atoms. The molecular formula is C24H22N4O3. The highest BCUT2D eigenvalue weighted by Gasteiger charge is 2.31. The first kappa shape index (κ1) is 20.3. The molecule has 156 valence electrons. The Bertz CT molecular complexity index is 1180. The number of likely N-dealkylation sites (N-methyl/N-ethyl adjacent to an activating group) is 1. The van der Waals surface area contributed by atoms with E-state index in [2.05, 4.69) is 10.3 Å². The second-order valence-corrected chi connectivity index (χ2v) is 7.18. The van der Waals surface area contributed by atoms with Crippen molar-refractivity contribution in [2.45, 2.75) is 19.1 Å². The maximum Gasteiger partial charge on any atom is 0.410 e. The number of fused-ring (bicyclic) bond motifs is 1. The quantitative estimate of drug-likeness (QED) is 0.477. The van der Waals surface area contributed by atoms with Crippen LogP contribution in [0.5, 0.6) is 0 Å². The third-order valence-corrected chi connectivity index (χ3v) is 5.08. The van der Waals surface area contributed by atoms with Crippen molar-refractivity contribution >= 4 is 23.0 Å². The fourth-order valence-corrected chi connectivity index (χ4v) is 3.35. The van der Waals surface area contributed by atoms with Gasteiger partial charge in [0, 0.05) is 13.5 Å². The van der Waals surface area contributed by atoms with E-state index in [1.165, 1.54) is 9.58 Å².